The summed E-state index contributed by atoms with van der Waals surface area (Å²) in [6.07, 6.45) is 0. The minimum absolute atomic E-state index is 0.169. The normalized spacial score (nSPS) is 11.7. The molecule has 0 fully saturated rings. The number of benzene rings is 2. The van der Waals surface area contributed by atoms with Crippen LogP contribution in [0.1, 0.15) is 24.8 Å². The molecule has 0 bridgehead atoms. The summed E-state index contributed by atoms with van der Waals surface area (Å²) in [6.45, 7) is 4.22. The molecule has 0 saturated heterocycles. The molecular weight excluding hydrogens is 376 g/mol. The van der Waals surface area contributed by atoms with Gasteiger partial charge in [-0.1, -0.05) is 37.6 Å². The van der Waals surface area contributed by atoms with Crippen LogP contribution in [-0.2, 0) is 10.0 Å². The van der Waals surface area contributed by atoms with Gasteiger partial charge in [0.1, 0.15) is 0 Å². The molecule has 0 aliphatic carbocycles. The molecular formula is C18H17ClN2O2S2. The Morgan fingerprint density at radius 3 is 2.24 bits per heavy atom. The fourth-order valence-corrected chi connectivity index (χ4v) is 4.25. The topological polar surface area (TPSA) is 59.1 Å². The van der Waals surface area contributed by atoms with Crippen LogP contribution in [0.25, 0.3) is 11.3 Å². The first-order chi connectivity index (χ1) is 11.8. The number of aromatic nitrogens is 1. The van der Waals surface area contributed by atoms with Gasteiger partial charge < -0.3 is 0 Å². The van der Waals surface area contributed by atoms with Gasteiger partial charge in [0, 0.05) is 27.6 Å². The van der Waals surface area contributed by atoms with Crippen molar-refractivity contribution in [1.82, 2.24) is 4.98 Å². The summed E-state index contributed by atoms with van der Waals surface area (Å²) < 4.78 is 27.3. The van der Waals surface area contributed by atoms with E-state index in [2.05, 4.69) is 23.6 Å². The van der Waals surface area contributed by atoms with Crippen LogP contribution >= 0.6 is 22.9 Å². The van der Waals surface area contributed by atoms with Gasteiger partial charge in [0.15, 0.2) is 0 Å². The quantitative estimate of drug-likeness (QED) is 0.633. The van der Waals surface area contributed by atoms with E-state index in [1.54, 1.807) is 35.6 Å². The molecule has 0 unspecified atom stereocenters. The maximum Gasteiger partial charge on any atom is 0.261 e. The largest absolute Gasteiger partial charge is 0.280 e. The molecule has 0 spiro atoms. The van der Waals surface area contributed by atoms with E-state index >= 15 is 0 Å². The van der Waals surface area contributed by atoms with Gasteiger partial charge in [-0.3, -0.25) is 4.72 Å². The van der Waals surface area contributed by atoms with E-state index in [9.17, 15) is 8.42 Å². The average Bonchev–Trinajstić information content (AvgIpc) is 3.06. The van der Waals surface area contributed by atoms with Crippen molar-refractivity contribution in [3.8, 4) is 11.3 Å². The number of nitrogens with one attached hydrogen (secondary N) is 1. The zero-order valence-electron chi connectivity index (χ0n) is 13.7. The van der Waals surface area contributed by atoms with Crippen molar-refractivity contribution in [1.29, 1.82) is 0 Å². The molecule has 0 saturated carbocycles. The third kappa shape index (κ3) is 4.21. The van der Waals surface area contributed by atoms with E-state index in [-0.39, 0.29) is 4.90 Å². The molecule has 0 aliphatic heterocycles. The van der Waals surface area contributed by atoms with Gasteiger partial charge >= 0.3 is 0 Å². The van der Waals surface area contributed by atoms with Gasteiger partial charge in [0.2, 0.25) is 0 Å². The number of anilines is 1. The number of halogens is 1. The second-order valence-corrected chi connectivity index (χ2v) is 8.87. The van der Waals surface area contributed by atoms with E-state index in [1.165, 1.54) is 12.1 Å². The Hall–Kier alpha value is -1.89. The van der Waals surface area contributed by atoms with Gasteiger partial charge in [0.05, 0.1) is 15.6 Å². The van der Waals surface area contributed by atoms with Gasteiger partial charge in [-0.05, 0) is 36.4 Å². The molecule has 0 aliphatic rings. The molecule has 7 heteroatoms. The molecule has 0 atom stereocenters. The number of thiazole rings is 1. The van der Waals surface area contributed by atoms with Crippen molar-refractivity contribution < 1.29 is 8.42 Å². The van der Waals surface area contributed by atoms with Crippen LogP contribution in [0.3, 0.4) is 0 Å². The minimum atomic E-state index is -3.64. The van der Waals surface area contributed by atoms with Crippen LogP contribution in [-0.4, -0.2) is 13.4 Å². The van der Waals surface area contributed by atoms with E-state index < -0.39 is 10.0 Å². The minimum Gasteiger partial charge on any atom is -0.280 e. The average molecular weight is 393 g/mol. The number of rotatable bonds is 5. The maximum absolute atomic E-state index is 12.4. The molecule has 1 heterocycles. The Morgan fingerprint density at radius 1 is 1.04 bits per heavy atom. The molecule has 3 rings (SSSR count). The zero-order chi connectivity index (χ0) is 18.0. The predicted molar refractivity (Wildman–Crippen MR) is 104 cm³/mol. The maximum atomic E-state index is 12.4. The molecule has 0 amide bonds. The molecule has 0 radical (unpaired) electrons. The van der Waals surface area contributed by atoms with Crippen LogP contribution in [0.15, 0.2) is 58.8 Å². The summed E-state index contributed by atoms with van der Waals surface area (Å²) >= 11 is 7.43. The lowest BCUT2D eigenvalue weighted by Gasteiger charge is -2.08. The number of sulfonamides is 1. The van der Waals surface area contributed by atoms with Crippen LogP contribution in [0, 0.1) is 0 Å². The lowest BCUT2D eigenvalue weighted by molar-refractivity contribution is 0.601. The fraction of sp³-hybridized carbons (Fsp3) is 0.167. The summed E-state index contributed by atoms with van der Waals surface area (Å²) in [5.41, 5.74) is 2.36. The highest BCUT2D eigenvalue weighted by Gasteiger charge is 2.14. The molecule has 130 valence electrons. The Morgan fingerprint density at radius 2 is 1.68 bits per heavy atom. The van der Waals surface area contributed by atoms with Crippen LogP contribution < -0.4 is 4.72 Å². The fourth-order valence-electron chi connectivity index (χ4n) is 2.22. The predicted octanol–water partition coefficient (Wildman–Crippen LogP) is 5.39. The van der Waals surface area contributed by atoms with Gasteiger partial charge in [-0.2, -0.15) is 0 Å². The van der Waals surface area contributed by atoms with Crippen molar-refractivity contribution in [3.05, 3.63) is 63.9 Å². The van der Waals surface area contributed by atoms with E-state index in [1.807, 2.05) is 17.5 Å². The van der Waals surface area contributed by atoms with Crippen molar-refractivity contribution in [2.45, 2.75) is 24.7 Å². The van der Waals surface area contributed by atoms with E-state index in [4.69, 9.17) is 11.6 Å². The highest BCUT2D eigenvalue weighted by atomic mass is 35.5. The second kappa shape index (κ2) is 7.15. The van der Waals surface area contributed by atoms with Crippen molar-refractivity contribution >= 4 is 38.6 Å². The molecule has 3 aromatic rings. The lowest BCUT2D eigenvalue weighted by atomic mass is 10.1. The standard InChI is InChI=1S/C18H17ClN2O2S2/c1-12(2)18-20-17(11-24-18)13-3-7-15(8-4-13)21-25(22,23)16-9-5-14(19)6-10-16/h3-12,21H,1-2H3. The number of nitrogens with zero attached hydrogens (tertiary/aromatic N) is 1. The summed E-state index contributed by atoms with van der Waals surface area (Å²) in [5.74, 6) is 0.393. The number of hydrogen-bond donors (Lipinski definition) is 1. The summed E-state index contributed by atoms with van der Waals surface area (Å²) in [7, 11) is -3.64. The van der Waals surface area contributed by atoms with Crippen molar-refractivity contribution in [3.63, 3.8) is 0 Å². The first-order valence-corrected chi connectivity index (χ1v) is 10.4. The first-order valence-electron chi connectivity index (χ1n) is 7.69. The van der Waals surface area contributed by atoms with E-state index in [0.717, 1.165) is 16.3 Å². The Bertz CT molecular complexity index is 963. The monoisotopic (exact) mass is 392 g/mol. The Kier molecular flexibility index (Phi) is 5.13. The summed E-state index contributed by atoms with van der Waals surface area (Å²) in [6, 6.07) is 13.2. The molecule has 1 aromatic heterocycles. The summed E-state index contributed by atoms with van der Waals surface area (Å²) in [5, 5.41) is 3.59. The first kappa shape index (κ1) is 17.9. The van der Waals surface area contributed by atoms with Crippen LogP contribution in [0.2, 0.25) is 5.02 Å². The highest BCUT2D eigenvalue weighted by molar-refractivity contribution is 7.92. The third-order valence-electron chi connectivity index (χ3n) is 3.57. The second-order valence-electron chi connectivity index (χ2n) is 5.86. The van der Waals surface area contributed by atoms with Gasteiger partial charge in [-0.15, -0.1) is 11.3 Å². The van der Waals surface area contributed by atoms with E-state index in [0.29, 0.717) is 16.6 Å². The highest BCUT2D eigenvalue weighted by Crippen LogP contribution is 2.27. The van der Waals surface area contributed by atoms with Crippen LogP contribution in [0.4, 0.5) is 5.69 Å². The van der Waals surface area contributed by atoms with Crippen LogP contribution in [0.5, 0.6) is 0 Å². The van der Waals surface area contributed by atoms with Crippen molar-refractivity contribution in [2.24, 2.45) is 0 Å². The Labute approximate surface area is 156 Å². The molecule has 1 N–H and O–H groups in total. The van der Waals surface area contributed by atoms with Gasteiger partial charge in [0.25, 0.3) is 10.0 Å². The lowest BCUT2D eigenvalue weighted by Crippen LogP contribution is -2.12. The Balaban J connectivity index is 1.79. The van der Waals surface area contributed by atoms with Gasteiger partial charge in [-0.25, -0.2) is 13.4 Å². The summed E-state index contributed by atoms with van der Waals surface area (Å²) in [4.78, 5) is 4.78. The molecule has 4 nitrogen and oxygen atoms in total. The zero-order valence-corrected chi connectivity index (χ0v) is 16.1. The SMILES string of the molecule is CC(C)c1nc(-c2ccc(NS(=O)(=O)c3ccc(Cl)cc3)cc2)cs1. The molecule has 2 aromatic carbocycles. The third-order valence-corrected chi connectivity index (χ3v) is 6.37. The van der Waals surface area contributed by atoms with Crippen molar-refractivity contribution in [2.75, 3.05) is 4.72 Å². The smallest absolute Gasteiger partial charge is 0.261 e. The molecule has 25 heavy (non-hydrogen) atoms. The number of hydrogen-bond acceptors (Lipinski definition) is 4.